The van der Waals surface area contributed by atoms with E-state index < -0.39 is 6.04 Å². The minimum Gasteiger partial charge on any atom is -0.370 e. The highest BCUT2D eigenvalue weighted by Crippen LogP contribution is 2.27. The molecule has 0 aliphatic carbocycles. The molecule has 1 fully saturated rings. The van der Waals surface area contributed by atoms with Crippen LogP contribution in [0.3, 0.4) is 0 Å². The van der Waals surface area contributed by atoms with Gasteiger partial charge in [0.2, 0.25) is 11.8 Å². The zero-order valence-electron chi connectivity index (χ0n) is 16.4. The number of aromatic nitrogens is 2. The number of hydrogen-bond acceptors (Lipinski definition) is 4. The number of rotatable bonds is 6. The third-order valence-electron chi connectivity index (χ3n) is 5.12. The van der Waals surface area contributed by atoms with Gasteiger partial charge in [-0.3, -0.25) is 19.1 Å². The maximum Gasteiger partial charge on any atom is 0.251 e. The van der Waals surface area contributed by atoms with Crippen LogP contribution in [0.5, 0.6) is 0 Å². The number of benzene rings is 1. The van der Waals surface area contributed by atoms with Crippen LogP contribution in [-0.2, 0) is 16.1 Å². The van der Waals surface area contributed by atoms with Crippen LogP contribution in [0.2, 0.25) is 0 Å². The van der Waals surface area contributed by atoms with E-state index in [4.69, 9.17) is 5.73 Å². The maximum absolute atomic E-state index is 12.4. The monoisotopic (exact) mass is 383 g/mol. The molecule has 1 saturated heterocycles. The second kappa shape index (κ2) is 7.84. The average molecular weight is 383 g/mol. The molecule has 1 unspecified atom stereocenters. The molecule has 3 rings (SSSR count). The van der Waals surface area contributed by atoms with Crippen LogP contribution in [-0.4, -0.2) is 52.0 Å². The Morgan fingerprint density at radius 3 is 2.50 bits per heavy atom. The molecule has 2 aromatic rings. The van der Waals surface area contributed by atoms with Crippen molar-refractivity contribution < 1.29 is 14.4 Å². The molecule has 0 radical (unpaired) electrons. The first-order valence-electron chi connectivity index (χ1n) is 9.26. The molecule has 1 aliphatic rings. The molecule has 0 saturated carbocycles. The van der Waals surface area contributed by atoms with Crippen molar-refractivity contribution in [2.24, 2.45) is 5.73 Å². The minimum absolute atomic E-state index is 0.0559. The van der Waals surface area contributed by atoms with Gasteiger partial charge >= 0.3 is 0 Å². The molecule has 1 aromatic carbocycles. The average Bonchev–Trinajstić information content (AvgIpc) is 3.12. The maximum atomic E-state index is 12.4. The van der Waals surface area contributed by atoms with Crippen LogP contribution >= 0.6 is 0 Å². The van der Waals surface area contributed by atoms with Gasteiger partial charge in [-0.2, -0.15) is 5.10 Å². The van der Waals surface area contributed by atoms with E-state index in [0.717, 1.165) is 22.5 Å². The quantitative estimate of drug-likeness (QED) is 0.775. The van der Waals surface area contributed by atoms with Gasteiger partial charge in [0.05, 0.1) is 5.69 Å². The lowest BCUT2D eigenvalue weighted by Gasteiger charge is -2.12. The van der Waals surface area contributed by atoms with E-state index in [1.165, 1.54) is 0 Å². The van der Waals surface area contributed by atoms with Gasteiger partial charge in [-0.1, -0.05) is 12.1 Å². The van der Waals surface area contributed by atoms with Crippen LogP contribution in [0, 0.1) is 13.8 Å². The third kappa shape index (κ3) is 3.90. The van der Waals surface area contributed by atoms with E-state index in [9.17, 15) is 14.4 Å². The number of carbonyl (C=O) groups excluding carboxylic acids is 3. The molecule has 3 N–H and O–H groups in total. The van der Waals surface area contributed by atoms with Crippen LogP contribution in [0.15, 0.2) is 24.3 Å². The van der Waals surface area contributed by atoms with Crippen LogP contribution in [0.1, 0.15) is 34.6 Å². The summed E-state index contributed by atoms with van der Waals surface area (Å²) in [6, 6.07) is 6.77. The molecule has 1 aliphatic heterocycles. The highest BCUT2D eigenvalue weighted by Gasteiger charge is 2.30. The number of nitrogens with one attached hydrogen (secondary N) is 1. The Labute approximate surface area is 163 Å². The molecule has 2 heterocycles. The van der Waals surface area contributed by atoms with E-state index in [1.54, 1.807) is 28.8 Å². The van der Waals surface area contributed by atoms with Gasteiger partial charge in [-0.25, -0.2) is 0 Å². The van der Waals surface area contributed by atoms with E-state index in [2.05, 4.69) is 10.4 Å². The fourth-order valence-corrected chi connectivity index (χ4v) is 3.53. The standard InChI is InChI=1S/C20H25N5O3/c1-12-18(13(2)25(23-12)11-9-17(21)26)14-4-6-15(7-5-14)19(27)22-16-8-10-24(3)20(16)28/h4-7,16H,8-11H2,1-3H3,(H2,21,26)(H,22,27). The van der Waals surface area contributed by atoms with Crippen molar-refractivity contribution in [3.8, 4) is 11.1 Å². The van der Waals surface area contributed by atoms with E-state index in [-0.39, 0.29) is 24.1 Å². The summed E-state index contributed by atoms with van der Waals surface area (Å²) in [4.78, 5) is 37.1. The predicted octanol–water partition coefficient (Wildman–Crippen LogP) is 1.00. The lowest BCUT2D eigenvalue weighted by Crippen LogP contribution is -2.40. The summed E-state index contributed by atoms with van der Waals surface area (Å²) in [6.45, 7) is 4.94. The van der Waals surface area contributed by atoms with Crippen LogP contribution in [0.25, 0.3) is 11.1 Å². The normalized spacial score (nSPS) is 16.5. The molecule has 1 aromatic heterocycles. The van der Waals surface area contributed by atoms with Crippen molar-refractivity contribution in [3.63, 3.8) is 0 Å². The molecule has 3 amide bonds. The molecule has 8 heteroatoms. The molecular formula is C20H25N5O3. The van der Waals surface area contributed by atoms with Gasteiger partial charge in [0.25, 0.3) is 5.91 Å². The van der Waals surface area contributed by atoms with Crippen molar-refractivity contribution in [1.29, 1.82) is 0 Å². The Morgan fingerprint density at radius 1 is 1.25 bits per heavy atom. The van der Waals surface area contributed by atoms with E-state index in [0.29, 0.717) is 25.1 Å². The van der Waals surface area contributed by atoms with Crippen LogP contribution < -0.4 is 11.1 Å². The Morgan fingerprint density at radius 2 is 1.93 bits per heavy atom. The molecule has 148 valence electrons. The summed E-state index contributed by atoms with van der Waals surface area (Å²) in [5, 5.41) is 7.29. The van der Waals surface area contributed by atoms with Crippen LogP contribution in [0.4, 0.5) is 0 Å². The molecule has 0 bridgehead atoms. The van der Waals surface area contributed by atoms with Crippen molar-refractivity contribution in [2.75, 3.05) is 13.6 Å². The zero-order chi connectivity index (χ0) is 20.4. The predicted molar refractivity (Wildman–Crippen MR) is 104 cm³/mol. The van der Waals surface area contributed by atoms with Gasteiger partial charge in [0.1, 0.15) is 6.04 Å². The summed E-state index contributed by atoms with van der Waals surface area (Å²) >= 11 is 0. The van der Waals surface area contributed by atoms with Gasteiger partial charge < -0.3 is 16.0 Å². The number of nitrogens with two attached hydrogens (primary N) is 1. The van der Waals surface area contributed by atoms with E-state index >= 15 is 0 Å². The first-order chi connectivity index (χ1) is 13.3. The molecule has 0 spiro atoms. The number of likely N-dealkylation sites (tertiary alicyclic amines) is 1. The SMILES string of the molecule is Cc1nn(CCC(N)=O)c(C)c1-c1ccc(C(=O)NC2CCN(C)C2=O)cc1. The summed E-state index contributed by atoms with van der Waals surface area (Å²) in [6.07, 6.45) is 0.859. The summed E-state index contributed by atoms with van der Waals surface area (Å²) < 4.78 is 1.78. The number of primary amides is 1. The second-order valence-corrected chi connectivity index (χ2v) is 7.14. The molecule has 28 heavy (non-hydrogen) atoms. The van der Waals surface area contributed by atoms with Crippen molar-refractivity contribution in [1.82, 2.24) is 20.0 Å². The lowest BCUT2D eigenvalue weighted by molar-refractivity contribution is -0.128. The van der Waals surface area contributed by atoms with Gasteiger partial charge in [-0.05, 0) is 38.0 Å². The van der Waals surface area contributed by atoms with Gasteiger partial charge in [0, 0.05) is 43.4 Å². The highest BCUT2D eigenvalue weighted by atomic mass is 16.2. The van der Waals surface area contributed by atoms with Gasteiger partial charge in [-0.15, -0.1) is 0 Å². The minimum atomic E-state index is -0.454. The first kappa shape index (κ1) is 19.6. The highest BCUT2D eigenvalue weighted by molar-refractivity contribution is 5.98. The van der Waals surface area contributed by atoms with Crippen molar-refractivity contribution in [2.45, 2.75) is 39.3 Å². The zero-order valence-corrected chi connectivity index (χ0v) is 16.4. The largest absolute Gasteiger partial charge is 0.370 e. The summed E-state index contributed by atoms with van der Waals surface area (Å²) in [5.41, 5.74) is 9.43. The fourth-order valence-electron chi connectivity index (χ4n) is 3.53. The van der Waals surface area contributed by atoms with Crippen molar-refractivity contribution in [3.05, 3.63) is 41.2 Å². The smallest absolute Gasteiger partial charge is 0.251 e. The topological polar surface area (TPSA) is 110 Å². The number of nitrogens with zero attached hydrogens (tertiary/aromatic N) is 3. The Balaban J connectivity index is 1.75. The second-order valence-electron chi connectivity index (χ2n) is 7.14. The number of hydrogen-bond donors (Lipinski definition) is 2. The fraction of sp³-hybridized carbons (Fsp3) is 0.400. The Hall–Kier alpha value is -3.16. The van der Waals surface area contributed by atoms with Gasteiger partial charge in [0.15, 0.2) is 0 Å². The third-order valence-corrected chi connectivity index (χ3v) is 5.12. The number of aryl methyl sites for hydroxylation is 2. The lowest BCUT2D eigenvalue weighted by atomic mass is 10.0. The number of carbonyl (C=O) groups is 3. The Bertz CT molecular complexity index is 917. The first-order valence-corrected chi connectivity index (χ1v) is 9.26. The number of likely N-dealkylation sites (N-methyl/N-ethyl adjacent to an activating group) is 1. The Kier molecular flexibility index (Phi) is 5.48. The summed E-state index contributed by atoms with van der Waals surface area (Å²) in [7, 11) is 1.73. The van der Waals surface area contributed by atoms with Crippen molar-refractivity contribution >= 4 is 17.7 Å². The molecule has 8 nitrogen and oxygen atoms in total. The molecule has 1 atom stereocenters. The molecular weight excluding hydrogens is 358 g/mol. The van der Waals surface area contributed by atoms with E-state index in [1.807, 2.05) is 26.0 Å². The number of amides is 3. The summed E-state index contributed by atoms with van der Waals surface area (Å²) in [5.74, 6) is -0.679.